The van der Waals surface area contributed by atoms with Gasteiger partial charge in [-0.2, -0.15) is 0 Å². The Kier molecular flexibility index (Phi) is 6.23. The average Bonchev–Trinajstić information content (AvgIpc) is 3.05. The molecule has 0 fully saturated rings. The molecule has 0 radical (unpaired) electrons. The molecule has 3 N–H and O–H groups in total. The molecule has 2 amide bonds. The van der Waals surface area contributed by atoms with E-state index in [1.165, 1.54) is 23.1 Å². The van der Waals surface area contributed by atoms with Crippen LogP contribution < -0.4 is 11.1 Å². The Morgan fingerprint density at radius 1 is 1.04 bits per heavy atom. The van der Waals surface area contributed by atoms with Crippen LogP contribution in [0.15, 0.2) is 58.8 Å². The van der Waals surface area contributed by atoms with Crippen molar-refractivity contribution < 1.29 is 14.4 Å². The Morgan fingerprint density at radius 3 is 2.36 bits per heavy atom. The number of anilines is 1. The van der Waals surface area contributed by atoms with Gasteiger partial charge in [-0.25, -0.2) is 4.98 Å². The third kappa shape index (κ3) is 4.65. The number of hydrogen-bond acceptors (Lipinski definition) is 6. The van der Waals surface area contributed by atoms with Gasteiger partial charge < -0.3 is 5.73 Å². The lowest BCUT2D eigenvalue weighted by atomic mass is 9.98. The van der Waals surface area contributed by atoms with Gasteiger partial charge in [-0.3, -0.25) is 19.7 Å². The SMILES string of the molecule is Cc1nc(NC(=O)c2ccccc2C(=O)c2ccccc2)sc1SCC(N)=O. The first kappa shape index (κ1) is 19.8. The first-order valence-corrected chi connectivity index (χ1v) is 10.1. The molecule has 8 heteroatoms. The number of primary amides is 1. The number of rotatable bonds is 7. The molecule has 0 bridgehead atoms. The van der Waals surface area contributed by atoms with Crippen molar-refractivity contribution in [3.63, 3.8) is 0 Å². The second kappa shape index (κ2) is 8.81. The highest BCUT2D eigenvalue weighted by Gasteiger charge is 2.19. The van der Waals surface area contributed by atoms with Gasteiger partial charge in [-0.1, -0.05) is 59.9 Å². The summed E-state index contributed by atoms with van der Waals surface area (Å²) in [6.07, 6.45) is 0. The van der Waals surface area contributed by atoms with E-state index in [9.17, 15) is 14.4 Å². The maximum absolute atomic E-state index is 12.8. The van der Waals surface area contributed by atoms with E-state index in [0.717, 1.165) is 4.21 Å². The van der Waals surface area contributed by atoms with Gasteiger partial charge in [0.1, 0.15) is 0 Å². The summed E-state index contributed by atoms with van der Waals surface area (Å²) in [5.41, 5.74) is 6.99. The number of thiazole rings is 1. The number of thioether (sulfide) groups is 1. The molecule has 1 heterocycles. The molecular formula is C20H17N3O3S2. The fourth-order valence-electron chi connectivity index (χ4n) is 2.50. The standard InChI is InChI=1S/C20H17N3O3S2/c1-12-19(27-11-16(21)24)28-20(22-12)23-18(26)15-10-6-5-9-14(15)17(25)13-7-3-2-4-8-13/h2-10H,11H2,1H3,(H2,21,24)(H,22,23,26). The van der Waals surface area contributed by atoms with E-state index in [0.29, 0.717) is 22.0 Å². The summed E-state index contributed by atoms with van der Waals surface area (Å²) in [7, 11) is 0. The zero-order chi connectivity index (χ0) is 20.1. The fraction of sp³-hybridized carbons (Fsp3) is 0.100. The largest absolute Gasteiger partial charge is 0.369 e. The second-order valence-corrected chi connectivity index (χ2v) is 8.08. The highest BCUT2D eigenvalue weighted by molar-refractivity contribution is 8.01. The Balaban J connectivity index is 1.81. The summed E-state index contributed by atoms with van der Waals surface area (Å²) >= 11 is 2.54. The predicted molar refractivity (Wildman–Crippen MR) is 111 cm³/mol. The van der Waals surface area contributed by atoms with Gasteiger partial charge in [0, 0.05) is 11.1 Å². The van der Waals surface area contributed by atoms with Crippen LogP contribution >= 0.6 is 23.1 Å². The Hall–Kier alpha value is -2.97. The fourth-order valence-corrected chi connectivity index (χ4v) is 4.37. The van der Waals surface area contributed by atoms with Crippen molar-refractivity contribution in [2.75, 3.05) is 11.1 Å². The molecule has 1 aromatic heterocycles. The number of ketones is 1. The minimum Gasteiger partial charge on any atom is -0.369 e. The van der Waals surface area contributed by atoms with Crippen molar-refractivity contribution in [1.29, 1.82) is 0 Å². The van der Waals surface area contributed by atoms with E-state index in [2.05, 4.69) is 10.3 Å². The average molecular weight is 412 g/mol. The lowest BCUT2D eigenvalue weighted by Gasteiger charge is -2.08. The number of carbonyl (C=O) groups is 3. The van der Waals surface area contributed by atoms with E-state index in [1.54, 1.807) is 55.5 Å². The zero-order valence-electron chi connectivity index (χ0n) is 15.0. The van der Waals surface area contributed by atoms with Gasteiger partial charge in [0.2, 0.25) is 5.91 Å². The van der Waals surface area contributed by atoms with Crippen LogP contribution in [0.2, 0.25) is 0 Å². The number of nitrogens with two attached hydrogens (primary N) is 1. The molecule has 0 saturated heterocycles. The highest BCUT2D eigenvalue weighted by Crippen LogP contribution is 2.32. The number of aryl methyl sites for hydroxylation is 1. The summed E-state index contributed by atoms with van der Waals surface area (Å²) in [6.45, 7) is 1.79. The maximum atomic E-state index is 12.8. The summed E-state index contributed by atoms with van der Waals surface area (Å²) in [4.78, 5) is 40.8. The Bertz CT molecular complexity index is 1030. The van der Waals surface area contributed by atoms with Crippen molar-refractivity contribution in [2.45, 2.75) is 11.1 Å². The van der Waals surface area contributed by atoms with Gasteiger partial charge in [0.05, 0.1) is 21.2 Å². The lowest BCUT2D eigenvalue weighted by Crippen LogP contribution is -2.16. The molecule has 142 valence electrons. The van der Waals surface area contributed by atoms with Crippen LogP contribution in [-0.4, -0.2) is 28.3 Å². The van der Waals surface area contributed by atoms with Crippen LogP contribution in [0, 0.1) is 6.92 Å². The number of nitrogens with zero attached hydrogens (tertiary/aromatic N) is 1. The van der Waals surface area contributed by atoms with Crippen LogP contribution in [-0.2, 0) is 4.79 Å². The molecule has 2 aromatic carbocycles. The van der Waals surface area contributed by atoms with Crippen molar-refractivity contribution in [1.82, 2.24) is 4.98 Å². The number of benzene rings is 2. The molecule has 0 aliphatic carbocycles. The quantitative estimate of drug-likeness (QED) is 0.457. The summed E-state index contributed by atoms with van der Waals surface area (Å²) in [6, 6.07) is 15.5. The van der Waals surface area contributed by atoms with Crippen molar-refractivity contribution in [3.8, 4) is 0 Å². The molecule has 0 aliphatic rings. The number of carbonyl (C=O) groups excluding carboxylic acids is 3. The van der Waals surface area contributed by atoms with E-state index in [1.807, 2.05) is 6.07 Å². The van der Waals surface area contributed by atoms with Crippen molar-refractivity contribution in [2.24, 2.45) is 5.73 Å². The molecule has 0 unspecified atom stereocenters. The van der Waals surface area contributed by atoms with E-state index in [-0.39, 0.29) is 17.1 Å². The lowest BCUT2D eigenvalue weighted by molar-refractivity contribution is -0.115. The minimum absolute atomic E-state index is 0.144. The molecule has 28 heavy (non-hydrogen) atoms. The van der Waals surface area contributed by atoms with E-state index >= 15 is 0 Å². The summed E-state index contributed by atoms with van der Waals surface area (Å²) in [5, 5.41) is 3.14. The first-order chi connectivity index (χ1) is 13.5. The molecule has 0 aliphatic heterocycles. The van der Waals surface area contributed by atoms with Gasteiger partial charge in [-0.05, 0) is 13.0 Å². The van der Waals surface area contributed by atoms with Crippen LogP contribution in [0.4, 0.5) is 5.13 Å². The van der Waals surface area contributed by atoms with Gasteiger partial charge in [0.15, 0.2) is 10.9 Å². The molecule has 3 aromatic rings. The van der Waals surface area contributed by atoms with Gasteiger partial charge in [-0.15, -0.1) is 11.8 Å². The molecule has 3 rings (SSSR count). The molecule has 0 saturated carbocycles. The predicted octanol–water partition coefficient (Wildman–Crippen LogP) is 3.51. The van der Waals surface area contributed by atoms with Crippen molar-refractivity contribution in [3.05, 3.63) is 77.0 Å². The smallest absolute Gasteiger partial charge is 0.258 e. The number of hydrogen-bond donors (Lipinski definition) is 2. The van der Waals surface area contributed by atoms with Crippen LogP contribution in [0.3, 0.4) is 0 Å². The van der Waals surface area contributed by atoms with E-state index in [4.69, 9.17) is 5.73 Å². The zero-order valence-corrected chi connectivity index (χ0v) is 16.6. The number of nitrogens with one attached hydrogen (secondary N) is 1. The summed E-state index contributed by atoms with van der Waals surface area (Å²) in [5.74, 6) is -0.915. The topological polar surface area (TPSA) is 102 Å². The summed E-state index contributed by atoms with van der Waals surface area (Å²) < 4.78 is 0.808. The molecular weight excluding hydrogens is 394 g/mol. The minimum atomic E-state index is -0.420. The highest BCUT2D eigenvalue weighted by atomic mass is 32.2. The Labute approximate surface area is 170 Å². The Morgan fingerprint density at radius 2 is 1.68 bits per heavy atom. The van der Waals surface area contributed by atoms with E-state index < -0.39 is 11.8 Å². The normalized spacial score (nSPS) is 10.5. The monoisotopic (exact) mass is 411 g/mol. The number of aromatic nitrogens is 1. The van der Waals surface area contributed by atoms with Crippen LogP contribution in [0.5, 0.6) is 0 Å². The van der Waals surface area contributed by atoms with Crippen molar-refractivity contribution >= 4 is 45.8 Å². The third-order valence-corrected chi connectivity index (χ3v) is 6.23. The second-order valence-electron chi connectivity index (χ2n) is 5.84. The number of amides is 2. The first-order valence-electron chi connectivity index (χ1n) is 8.34. The van der Waals surface area contributed by atoms with Crippen LogP contribution in [0.1, 0.15) is 32.0 Å². The van der Waals surface area contributed by atoms with Gasteiger partial charge >= 0.3 is 0 Å². The molecule has 0 atom stereocenters. The van der Waals surface area contributed by atoms with Crippen LogP contribution in [0.25, 0.3) is 0 Å². The maximum Gasteiger partial charge on any atom is 0.258 e. The molecule has 6 nitrogen and oxygen atoms in total. The molecule has 0 spiro atoms. The third-order valence-electron chi connectivity index (χ3n) is 3.77. The van der Waals surface area contributed by atoms with Gasteiger partial charge in [0.25, 0.3) is 5.91 Å².